The summed E-state index contributed by atoms with van der Waals surface area (Å²) < 4.78 is 34.0. The van der Waals surface area contributed by atoms with Gasteiger partial charge in [0.05, 0.1) is 18.9 Å². The molecule has 1 aliphatic rings. The maximum Gasteiger partial charge on any atom is 0.411 e. The molecular formula is C22H28NO6P. The van der Waals surface area contributed by atoms with E-state index in [1.165, 1.54) is 5.56 Å². The number of cyclic esters (lactones) is 1. The van der Waals surface area contributed by atoms with Crippen LogP contribution >= 0.6 is 7.60 Å². The summed E-state index contributed by atoms with van der Waals surface area (Å²) in [5, 5.41) is 2.70. The molecular weight excluding hydrogens is 405 g/mol. The minimum absolute atomic E-state index is 0.122. The number of hydrogen-bond donors (Lipinski definition) is 1. The number of hydrogen-bond acceptors (Lipinski definition) is 6. The molecule has 0 aliphatic carbocycles. The molecule has 0 saturated heterocycles. The first-order chi connectivity index (χ1) is 14.3. The molecule has 3 rings (SSSR count). The Morgan fingerprint density at radius 2 is 1.73 bits per heavy atom. The van der Waals surface area contributed by atoms with Crippen molar-refractivity contribution in [1.29, 1.82) is 0 Å². The molecule has 1 N–H and O–H groups in total. The first kappa shape index (κ1) is 22.3. The standard InChI is InChI=1S/C22H28NO6P/c1-5-28-30(25,29-6-2)14-27-19-9-15(3)20(16(4)10-19)12-17-7-8-21-18(11-17)13-26-22(24)23-21/h7-11H,5-6,12-14H2,1-4H3,(H,23,24). The molecule has 0 saturated carbocycles. The molecule has 8 heteroatoms. The number of benzene rings is 2. The first-order valence-electron chi connectivity index (χ1n) is 10.00. The fraction of sp³-hybridized carbons (Fsp3) is 0.409. The summed E-state index contributed by atoms with van der Waals surface area (Å²) in [6, 6.07) is 9.84. The molecule has 1 heterocycles. The highest BCUT2D eigenvalue weighted by Gasteiger charge is 2.25. The lowest BCUT2D eigenvalue weighted by Gasteiger charge is -2.20. The average Bonchev–Trinajstić information content (AvgIpc) is 2.70. The van der Waals surface area contributed by atoms with Gasteiger partial charge in [-0.25, -0.2) is 4.79 Å². The van der Waals surface area contributed by atoms with Crippen molar-refractivity contribution in [1.82, 2.24) is 0 Å². The van der Waals surface area contributed by atoms with Gasteiger partial charge in [0.2, 0.25) is 0 Å². The van der Waals surface area contributed by atoms with E-state index in [0.29, 0.717) is 19.0 Å². The number of carbonyl (C=O) groups is 1. The lowest BCUT2D eigenvalue weighted by molar-refractivity contribution is 0.151. The Balaban J connectivity index is 1.73. The summed E-state index contributed by atoms with van der Waals surface area (Å²) in [6.07, 6.45) is 0.203. The SMILES string of the molecule is CCOP(=O)(COc1cc(C)c(Cc2ccc3c(c2)COC(=O)N3)c(C)c1)OCC. The van der Waals surface area contributed by atoms with Crippen LogP contribution in [0.1, 0.15) is 41.7 Å². The number of rotatable bonds is 9. The maximum absolute atomic E-state index is 12.6. The van der Waals surface area contributed by atoms with Crippen LogP contribution in [0.3, 0.4) is 0 Å². The van der Waals surface area contributed by atoms with Gasteiger partial charge in [0.15, 0.2) is 6.35 Å². The Hall–Kier alpha value is -2.34. The molecule has 0 atom stereocenters. The molecule has 0 spiro atoms. The Labute approximate surface area is 177 Å². The largest absolute Gasteiger partial charge is 0.481 e. The van der Waals surface area contributed by atoms with Gasteiger partial charge in [0.1, 0.15) is 12.4 Å². The fourth-order valence-electron chi connectivity index (χ4n) is 3.47. The Bertz CT molecular complexity index is 941. The second-order valence-electron chi connectivity index (χ2n) is 7.12. The van der Waals surface area contributed by atoms with Crippen LogP contribution in [-0.4, -0.2) is 25.7 Å². The van der Waals surface area contributed by atoms with E-state index in [2.05, 4.69) is 11.4 Å². The van der Waals surface area contributed by atoms with E-state index in [1.807, 2.05) is 38.1 Å². The summed E-state index contributed by atoms with van der Waals surface area (Å²) in [6.45, 7) is 8.48. The minimum Gasteiger partial charge on any atom is -0.481 e. The Morgan fingerprint density at radius 1 is 1.07 bits per heavy atom. The molecule has 30 heavy (non-hydrogen) atoms. The van der Waals surface area contributed by atoms with Crippen molar-refractivity contribution >= 4 is 19.4 Å². The fourth-order valence-corrected chi connectivity index (χ4v) is 4.78. The van der Waals surface area contributed by atoms with E-state index in [1.54, 1.807) is 13.8 Å². The molecule has 0 bridgehead atoms. The summed E-state index contributed by atoms with van der Waals surface area (Å²) in [5.74, 6) is 0.634. The number of ether oxygens (including phenoxy) is 2. The topological polar surface area (TPSA) is 83.1 Å². The third kappa shape index (κ3) is 5.42. The third-order valence-corrected chi connectivity index (χ3v) is 6.61. The molecule has 1 aliphatic heterocycles. The van der Waals surface area contributed by atoms with Crippen LogP contribution in [0.5, 0.6) is 5.75 Å². The van der Waals surface area contributed by atoms with Crippen LogP contribution in [0.4, 0.5) is 10.5 Å². The minimum atomic E-state index is -3.26. The van der Waals surface area contributed by atoms with E-state index in [9.17, 15) is 9.36 Å². The number of amides is 1. The summed E-state index contributed by atoms with van der Waals surface area (Å²) in [7, 11) is -3.26. The van der Waals surface area contributed by atoms with Gasteiger partial charge < -0.3 is 18.5 Å². The highest BCUT2D eigenvalue weighted by Crippen LogP contribution is 2.48. The summed E-state index contributed by atoms with van der Waals surface area (Å²) in [5.41, 5.74) is 6.24. The lowest BCUT2D eigenvalue weighted by Crippen LogP contribution is -2.20. The molecule has 2 aromatic rings. The van der Waals surface area contributed by atoms with Crippen LogP contribution in [0.15, 0.2) is 30.3 Å². The van der Waals surface area contributed by atoms with Crippen molar-refractivity contribution in [2.75, 3.05) is 24.9 Å². The monoisotopic (exact) mass is 433 g/mol. The number of aryl methyl sites for hydroxylation is 2. The zero-order valence-electron chi connectivity index (χ0n) is 17.8. The van der Waals surface area contributed by atoms with Crippen LogP contribution in [-0.2, 0) is 31.4 Å². The average molecular weight is 433 g/mol. The maximum atomic E-state index is 12.6. The van der Waals surface area contributed by atoms with Crippen molar-refractivity contribution in [3.8, 4) is 5.75 Å². The second kappa shape index (κ2) is 9.65. The van der Waals surface area contributed by atoms with E-state index in [0.717, 1.165) is 34.4 Å². The smallest absolute Gasteiger partial charge is 0.411 e. The van der Waals surface area contributed by atoms with Gasteiger partial charge in [-0.3, -0.25) is 9.88 Å². The zero-order valence-corrected chi connectivity index (χ0v) is 18.7. The van der Waals surface area contributed by atoms with Crippen LogP contribution in [0, 0.1) is 13.8 Å². The van der Waals surface area contributed by atoms with Gasteiger partial charge in [-0.15, -0.1) is 0 Å². The van der Waals surface area contributed by atoms with Crippen LogP contribution < -0.4 is 10.1 Å². The molecule has 2 aromatic carbocycles. The lowest BCUT2D eigenvalue weighted by atomic mass is 9.94. The molecule has 7 nitrogen and oxygen atoms in total. The predicted molar refractivity (Wildman–Crippen MR) is 115 cm³/mol. The van der Waals surface area contributed by atoms with E-state index in [-0.39, 0.29) is 13.0 Å². The summed E-state index contributed by atoms with van der Waals surface area (Å²) in [4.78, 5) is 11.3. The number of anilines is 1. The van der Waals surface area contributed by atoms with Gasteiger partial charge in [-0.05, 0) is 80.6 Å². The van der Waals surface area contributed by atoms with Crippen molar-refractivity contribution < 1.29 is 27.9 Å². The molecule has 162 valence electrons. The second-order valence-corrected chi connectivity index (χ2v) is 9.12. The van der Waals surface area contributed by atoms with Crippen molar-refractivity contribution in [2.45, 2.75) is 40.7 Å². The van der Waals surface area contributed by atoms with Gasteiger partial charge in [0, 0.05) is 5.56 Å². The van der Waals surface area contributed by atoms with Crippen molar-refractivity contribution in [3.05, 3.63) is 58.1 Å². The number of carbonyl (C=O) groups excluding carboxylic acids is 1. The van der Waals surface area contributed by atoms with Gasteiger partial charge in [0.25, 0.3) is 0 Å². The highest BCUT2D eigenvalue weighted by molar-refractivity contribution is 7.53. The Kier molecular flexibility index (Phi) is 7.19. The zero-order chi connectivity index (χ0) is 21.7. The first-order valence-corrected chi connectivity index (χ1v) is 11.7. The molecule has 0 aromatic heterocycles. The molecule has 0 fully saturated rings. The number of nitrogens with one attached hydrogen (secondary N) is 1. The quantitative estimate of drug-likeness (QED) is 0.522. The van der Waals surface area contributed by atoms with Crippen LogP contribution in [0.25, 0.3) is 0 Å². The van der Waals surface area contributed by atoms with Gasteiger partial charge >= 0.3 is 13.7 Å². The predicted octanol–water partition coefficient (Wildman–Crippen LogP) is 5.56. The number of fused-ring (bicyclic) bond motifs is 1. The van der Waals surface area contributed by atoms with Crippen molar-refractivity contribution in [3.63, 3.8) is 0 Å². The van der Waals surface area contributed by atoms with E-state index in [4.69, 9.17) is 18.5 Å². The normalized spacial score (nSPS) is 13.4. The van der Waals surface area contributed by atoms with E-state index < -0.39 is 13.7 Å². The third-order valence-electron chi connectivity index (χ3n) is 4.86. The molecule has 0 unspecified atom stereocenters. The van der Waals surface area contributed by atoms with Gasteiger partial charge in [-0.1, -0.05) is 6.07 Å². The van der Waals surface area contributed by atoms with Crippen molar-refractivity contribution in [2.24, 2.45) is 0 Å². The molecule has 1 amide bonds. The molecule has 0 radical (unpaired) electrons. The van der Waals surface area contributed by atoms with Gasteiger partial charge in [-0.2, -0.15) is 0 Å². The Morgan fingerprint density at radius 3 is 2.37 bits per heavy atom. The summed E-state index contributed by atoms with van der Waals surface area (Å²) >= 11 is 0. The van der Waals surface area contributed by atoms with Crippen LogP contribution in [0.2, 0.25) is 0 Å². The highest BCUT2D eigenvalue weighted by atomic mass is 31.2. The van der Waals surface area contributed by atoms with E-state index >= 15 is 0 Å².